The topological polar surface area (TPSA) is 86.1 Å². The number of amides is 1. The second-order valence-electron chi connectivity index (χ2n) is 6.38. The van der Waals surface area contributed by atoms with Gasteiger partial charge in [-0.3, -0.25) is 14.2 Å². The average Bonchev–Trinajstić information content (AvgIpc) is 3.19. The number of nitrogens with one attached hydrogen (secondary N) is 1. The smallest absolute Gasteiger partial charge is 0.261 e. The van der Waals surface area contributed by atoms with Crippen molar-refractivity contribution in [1.82, 2.24) is 14.5 Å². The van der Waals surface area contributed by atoms with Crippen LogP contribution < -0.4 is 15.6 Å². The number of carbonyl (C=O) groups excluding carboxylic acids is 1. The van der Waals surface area contributed by atoms with Gasteiger partial charge in [0.2, 0.25) is 5.91 Å². The predicted molar refractivity (Wildman–Crippen MR) is 121 cm³/mol. The fourth-order valence-corrected chi connectivity index (χ4v) is 4.01. The van der Waals surface area contributed by atoms with E-state index in [0.717, 1.165) is 21.5 Å². The van der Waals surface area contributed by atoms with Gasteiger partial charge in [0.1, 0.15) is 12.3 Å². The Balaban J connectivity index is 1.47. The van der Waals surface area contributed by atoms with Crippen LogP contribution in [0, 0.1) is 0 Å². The van der Waals surface area contributed by atoms with Crippen molar-refractivity contribution < 1.29 is 9.53 Å². The van der Waals surface area contributed by atoms with Gasteiger partial charge in [0.05, 0.1) is 29.5 Å². The van der Waals surface area contributed by atoms with Crippen LogP contribution >= 0.6 is 27.3 Å². The van der Waals surface area contributed by atoms with Crippen LogP contribution in [0.4, 0.5) is 5.13 Å². The summed E-state index contributed by atoms with van der Waals surface area (Å²) in [6, 6.07) is 12.9. The third-order valence-electron chi connectivity index (χ3n) is 4.31. The number of rotatable bonds is 6. The minimum atomic E-state index is -0.346. The molecule has 7 nitrogen and oxygen atoms in total. The molecular formula is C21H17BrN4O3S. The Bertz CT molecular complexity index is 1270. The summed E-state index contributed by atoms with van der Waals surface area (Å²) in [5.41, 5.74) is 1.99. The van der Waals surface area contributed by atoms with Crippen molar-refractivity contribution in [3.63, 3.8) is 0 Å². The van der Waals surface area contributed by atoms with E-state index in [2.05, 4.69) is 31.2 Å². The number of aromatic nitrogens is 3. The molecule has 1 N–H and O–H groups in total. The fourth-order valence-electron chi connectivity index (χ4n) is 2.91. The molecule has 0 bridgehead atoms. The number of anilines is 1. The van der Waals surface area contributed by atoms with E-state index in [9.17, 15) is 9.59 Å². The SMILES string of the molecule is CCOc1ccc(-c2csc(NC(=O)Cn3cnc4ccc(Br)cc4c3=O)n2)cc1. The van der Waals surface area contributed by atoms with Crippen LogP contribution in [0.3, 0.4) is 0 Å². The van der Waals surface area contributed by atoms with Crippen molar-refractivity contribution in [3.8, 4) is 17.0 Å². The Morgan fingerprint density at radius 2 is 2.03 bits per heavy atom. The van der Waals surface area contributed by atoms with Gasteiger partial charge in [-0.25, -0.2) is 9.97 Å². The maximum absolute atomic E-state index is 12.6. The van der Waals surface area contributed by atoms with Gasteiger partial charge < -0.3 is 10.1 Å². The zero-order chi connectivity index (χ0) is 21.1. The van der Waals surface area contributed by atoms with Gasteiger partial charge in [0.15, 0.2) is 5.13 Å². The van der Waals surface area contributed by atoms with E-state index >= 15 is 0 Å². The molecule has 0 saturated heterocycles. The van der Waals surface area contributed by atoms with Crippen molar-refractivity contribution in [2.75, 3.05) is 11.9 Å². The molecule has 0 aliphatic heterocycles. The summed E-state index contributed by atoms with van der Waals surface area (Å²) < 4.78 is 7.50. The summed E-state index contributed by atoms with van der Waals surface area (Å²) in [5, 5.41) is 5.53. The summed E-state index contributed by atoms with van der Waals surface area (Å²) in [6.45, 7) is 2.40. The zero-order valence-corrected chi connectivity index (χ0v) is 18.4. The van der Waals surface area contributed by atoms with Crippen molar-refractivity contribution >= 4 is 49.2 Å². The Morgan fingerprint density at radius 1 is 1.23 bits per heavy atom. The van der Waals surface area contributed by atoms with Crippen LogP contribution in [0.25, 0.3) is 22.2 Å². The second-order valence-corrected chi connectivity index (χ2v) is 8.16. The monoisotopic (exact) mass is 484 g/mol. The van der Waals surface area contributed by atoms with Crippen LogP contribution in [-0.2, 0) is 11.3 Å². The van der Waals surface area contributed by atoms with Gasteiger partial charge in [-0.05, 0) is 49.4 Å². The first-order chi connectivity index (χ1) is 14.5. The van der Waals surface area contributed by atoms with Crippen LogP contribution in [0.15, 0.2) is 63.4 Å². The van der Waals surface area contributed by atoms with Crippen molar-refractivity contribution in [2.45, 2.75) is 13.5 Å². The summed E-state index contributed by atoms with van der Waals surface area (Å²) in [4.78, 5) is 33.8. The van der Waals surface area contributed by atoms with Crippen LogP contribution in [0.2, 0.25) is 0 Å². The molecule has 4 aromatic rings. The normalized spacial score (nSPS) is 10.9. The number of fused-ring (bicyclic) bond motifs is 1. The molecule has 1 amide bonds. The van der Waals surface area contributed by atoms with Crippen LogP contribution in [0.1, 0.15) is 6.92 Å². The van der Waals surface area contributed by atoms with Gasteiger partial charge in [-0.15, -0.1) is 11.3 Å². The molecular weight excluding hydrogens is 468 g/mol. The molecule has 2 aromatic carbocycles. The van der Waals surface area contributed by atoms with E-state index in [0.29, 0.717) is 22.6 Å². The highest BCUT2D eigenvalue weighted by Crippen LogP contribution is 2.26. The number of thiazole rings is 1. The lowest BCUT2D eigenvalue weighted by molar-refractivity contribution is -0.116. The number of ether oxygens (including phenoxy) is 1. The molecule has 30 heavy (non-hydrogen) atoms. The molecule has 9 heteroatoms. The molecule has 0 spiro atoms. The lowest BCUT2D eigenvalue weighted by Gasteiger charge is -2.06. The van der Waals surface area contributed by atoms with Gasteiger partial charge in [-0.2, -0.15) is 0 Å². The van der Waals surface area contributed by atoms with Crippen molar-refractivity contribution in [2.24, 2.45) is 0 Å². The second kappa shape index (κ2) is 8.76. The zero-order valence-electron chi connectivity index (χ0n) is 16.0. The highest BCUT2D eigenvalue weighted by Gasteiger charge is 2.11. The van der Waals surface area contributed by atoms with Gasteiger partial charge in [0.25, 0.3) is 5.56 Å². The van der Waals surface area contributed by atoms with Gasteiger partial charge in [0, 0.05) is 15.4 Å². The summed E-state index contributed by atoms with van der Waals surface area (Å²) in [6.07, 6.45) is 1.38. The van der Waals surface area contributed by atoms with E-state index in [1.54, 1.807) is 12.1 Å². The average molecular weight is 485 g/mol. The first kappa shape index (κ1) is 20.2. The number of halogens is 1. The first-order valence-corrected chi connectivity index (χ1v) is 10.8. The predicted octanol–water partition coefficient (Wildman–Crippen LogP) is 4.32. The van der Waals surface area contributed by atoms with E-state index < -0.39 is 0 Å². The maximum atomic E-state index is 12.6. The Kier molecular flexibility index (Phi) is 5.91. The lowest BCUT2D eigenvalue weighted by atomic mass is 10.2. The van der Waals surface area contributed by atoms with E-state index in [4.69, 9.17) is 4.74 Å². The Morgan fingerprint density at radius 3 is 2.80 bits per heavy atom. The van der Waals surface area contributed by atoms with Gasteiger partial charge >= 0.3 is 0 Å². The molecule has 0 unspecified atom stereocenters. The highest BCUT2D eigenvalue weighted by atomic mass is 79.9. The minimum Gasteiger partial charge on any atom is -0.494 e. The molecule has 2 aromatic heterocycles. The number of benzene rings is 2. The van der Waals surface area contributed by atoms with E-state index in [1.807, 2.05) is 42.6 Å². The van der Waals surface area contributed by atoms with E-state index in [1.165, 1.54) is 22.2 Å². The van der Waals surface area contributed by atoms with Crippen molar-refractivity contribution in [1.29, 1.82) is 0 Å². The molecule has 0 saturated carbocycles. The largest absolute Gasteiger partial charge is 0.494 e. The summed E-state index contributed by atoms with van der Waals surface area (Å²) in [5.74, 6) is 0.451. The molecule has 0 radical (unpaired) electrons. The molecule has 4 rings (SSSR count). The number of hydrogen-bond acceptors (Lipinski definition) is 6. The number of hydrogen-bond donors (Lipinski definition) is 1. The molecule has 0 aliphatic rings. The summed E-state index contributed by atoms with van der Waals surface area (Å²) in [7, 11) is 0. The van der Waals surface area contributed by atoms with Crippen LogP contribution in [0.5, 0.6) is 5.75 Å². The molecule has 0 fully saturated rings. The van der Waals surface area contributed by atoms with E-state index in [-0.39, 0.29) is 18.0 Å². The molecule has 2 heterocycles. The Labute approximate surface area is 184 Å². The van der Waals surface area contributed by atoms with Crippen LogP contribution in [-0.4, -0.2) is 27.0 Å². The minimum absolute atomic E-state index is 0.147. The third kappa shape index (κ3) is 4.42. The number of nitrogens with zero attached hydrogens (tertiary/aromatic N) is 3. The first-order valence-electron chi connectivity index (χ1n) is 9.17. The summed E-state index contributed by atoms with van der Waals surface area (Å²) >= 11 is 4.67. The molecule has 152 valence electrons. The van der Waals surface area contributed by atoms with Gasteiger partial charge in [-0.1, -0.05) is 15.9 Å². The quantitative estimate of drug-likeness (QED) is 0.440. The van der Waals surface area contributed by atoms with Crippen molar-refractivity contribution in [3.05, 3.63) is 69.0 Å². The third-order valence-corrected chi connectivity index (χ3v) is 5.56. The number of carbonyl (C=O) groups is 1. The fraction of sp³-hybridized carbons (Fsp3) is 0.143. The standard InChI is InChI=1S/C21H17BrN4O3S/c1-2-29-15-6-3-13(4-7-15)18-11-30-21(24-18)25-19(27)10-26-12-23-17-8-5-14(22)9-16(17)20(26)28/h3-9,11-12H,2,10H2,1H3,(H,24,25,27). The Hall–Kier alpha value is -3.04. The highest BCUT2D eigenvalue weighted by molar-refractivity contribution is 9.10. The molecule has 0 aliphatic carbocycles. The maximum Gasteiger partial charge on any atom is 0.261 e. The lowest BCUT2D eigenvalue weighted by Crippen LogP contribution is -2.27. The molecule has 0 atom stereocenters.